The van der Waals surface area contributed by atoms with Crippen molar-refractivity contribution in [3.8, 4) is 0 Å². The van der Waals surface area contributed by atoms with E-state index in [0.29, 0.717) is 6.42 Å². The lowest BCUT2D eigenvalue weighted by atomic mass is 10.1. The molecule has 1 aromatic carbocycles. The van der Waals surface area contributed by atoms with E-state index in [1.165, 1.54) is 5.56 Å². The highest BCUT2D eigenvalue weighted by Crippen LogP contribution is 2.05. The Morgan fingerprint density at radius 2 is 1.73 bits per heavy atom. The SMILES string of the molecule is CCc1ccc(CC(=O)NC(C)C)cc1. The molecular formula is C13H19NO. The van der Waals surface area contributed by atoms with Gasteiger partial charge in [-0.25, -0.2) is 0 Å². The average molecular weight is 205 g/mol. The molecule has 0 radical (unpaired) electrons. The molecule has 2 heteroatoms. The second-order valence-electron chi connectivity index (χ2n) is 4.07. The lowest BCUT2D eigenvalue weighted by Crippen LogP contribution is -2.31. The van der Waals surface area contributed by atoms with Crippen LogP contribution in [0.4, 0.5) is 0 Å². The van der Waals surface area contributed by atoms with E-state index in [-0.39, 0.29) is 11.9 Å². The van der Waals surface area contributed by atoms with Gasteiger partial charge in [0.25, 0.3) is 0 Å². The number of rotatable bonds is 4. The van der Waals surface area contributed by atoms with Gasteiger partial charge >= 0.3 is 0 Å². The number of hydrogen-bond acceptors (Lipinski definition) is 1. The first-order valence-corrected chi connectivity index (χ1v) is 5.49. The van der Waals surface area contributed by atoms with Crippen LogP contribution in [0.3, 0.4) is 0 Å². The zero-order chi connectivity index (χ0) is 11.3. The fraction of sp³-hybridized carbons (Fsp3) is 0.462. The summed E-state index contributed by atoms with van der Waals surface area (Å²) in [5.74, 6) is 0.0919. The Morgan fingerprint density at radius 3 is 2.20 bits per heavy atom. The molecule has 0 bridgehead atoms. The number of benzene rings is 1. The summed E-state index contributed by atoms with van der Waals surface area (Å²) in [5, 5.41) is 2.88. The van der Waals surface area contributed by atoms with E-state index in [4.69, 9.17) is 0 Å². The molecule has 0 aliphatic carbocycles. The van der Waals surface area contributed by atoms with Gasteiger partial charge in [0.2, 0.25) is 5.91 Å². The molecule has 0 unspecified atom stereocenters. The van der Waals surface area contributed by atoms with Crippen LogP contribution in [0.1, 0.15) is 31.9 Å². The van der Waals surface area contributed by atoms with Crippen LogP contribution in [-0.2, 0) is 17.6 Å². The molecule has 0 spiro atoms. The summed E-state index contributed by atoms with van der Waals surface area (Å²) in [7, 11) is 0. The molecule has 0 atom stereocenters. The van der Waals surface area contributed by atoms with Crippen molar-refractivity contribution in [3.63, 3.8) is 0 Å². The molecule has 0 aromatic heterocycles. The Bertz CT molecular complexity index is 314. The smallest absolute Gasteiger partial charge is 0.224 e. The first kappa shape index (κ1) is 11.8. The predicted molar refractivity (Wildman–Crippen MR) is 62.8 cm³/mol. The molecule has 15 heavy (non-hydrogen) atoms. The summed E-state index contributed by atoms with van der Waals surface area (Å²) < 4.78 is 0. The second kappa shape index (κ2) is 5.54. The van der Waals surface area contributed by atoms with Gasteiger partial charge in [-0.1, -0.05) is 31.2 Å². The normalized spacial score (nSPS) is 10.4. The topological polar surface area (TPSA) is 29.1 Å². The number of nitrogens with one attached hydrogen (secondary N) is 1. The number of hydrogen-bond donors (Lipinski definition) is 1. The third kappa shape index (κ3) is 4.15. The van der Waals surface area contributed by atoms with Crippen molar-refractivity contribution in [3.05, 3.63) is 35.4 Å². The predicted octanol–water partition coefficient (Wildman–Crippen LogP) is 2.32. The summed E-state index contributed by atoms with van der Waals surface area (Å²) in [6.07, 6.45) is 1.51. The number of amides is 1. The number of carbonyl (C=O) groups is 1. The maximum Gasteiger partial charge on any atom is 0.224 e. The van der Waals surface area contributed by atoms with Gasteiger partial charge in [0.05, 0.1) is 6.42 Å². The Hall–Kier alpha value is -1.31. The maximum absolute atomic E-state index is 11.5. The third-order valence-corrected chi connectivity index (χ3v) is 2.25. The fourth-order valence-electron chi connectivity index (χ4n) is 1.45. The Balaban J connectivity index is 2.53. The largest absolute Gasteiger partial charge is 0.354 e. The lowest BCUT2D eigenvalue weighted by Gasteiger charge is -2.08. The molecule has 0 saturated carbocycles. The third-order valence-electron chi connectivity index (χ3n) is 2.25. The van der Waals surface area contributed by atoms with Crippen LogP contribution in [0, 0.1) is 0 Å². The van der Waals surface area contributed by atoms with Gasteiger partial charge in [-0.2, -0.15) is 0 Å². The van der Waals surface area contributed by atoms with Gasteiger partial charge in [0.15, 0.2) is 0 Å². The van der Waals surface area contributed by atoms with Crippen LogP contribution in [0.25, 0.3) is 0 Å². The summed E-state index contributed by atoms with van der Waals surface area (Å²) in [6.45, 7) is 6.07. The molecule has 0 aliphatic rings. The minimum atomic E-state index is 0.0919. The maximum atomic E-state index is 11.5. The van der Waals surface area contributed by atoms with E-state index in [9.17, 15) is 4.79 Å². The van der Waals surface area contributed by atoms with E-state index in [1.807, 2.05) is 26.0 Å². The van der Waals surface area contributed by atoms with Crippen LogP contribution in [-0.4, -0.2) is 11.9 Å². The molecule has 1 aromatic rings. The summed E-state index contributed by atoms with van der Waals surface area (Å²) in [6, 6.07) is 8.43. The van der Waals surface area contributed by atoms with Crippen LogP contribution in [0.15, 0.2) is 24.3 Å². The van der Waals surface area contributed by atoms with E-state index >= 15 is 0 Å². The summed E-state index contributed by atoms with van der Waals surface area (Å²) in [4.78, 5) is 11.5. The Labute approximate surface area is 91.7 Å². The Morgan fingerprint density at radius 1 is 1.20 bits per heavy atom. The highest BCUT2D eigenvalue weighted by molar-refractivity contribution is 5.78. The monoisotopic (exact) mass is 205 g/mol. The van der Waals surface area contributed by atoms with Crippen LogP contribution in [0.5, 0.6) is 0 Å². The first-order valence-electron chi connectivity index (χ1n) is 5.49. The molecule has 1 N–H and O–H groups in total. The van der Waals surface area contributed by atoms with Gasteiger partial charge in [0.1, 0.15) is 0 Å². The number of aryl methyl sites for hydroxylation is 1. The van der Waals surface area contributed by atoms with Gasteiger partial charge in [-0.05, 0) is 31.4 Å². The minimum absolute atomic E-state index is 0.0919. The van der Waals surface area contributed by atoms with Crippen LogP contribution >= 0.6 is 0 Å². The minimum Gasteiger partial charge on any atom is -0.354 e. The molecular weight excluding hydrogens is 186 g/mol. The average Bonchev–Trinajstić information content (AvgIpc) is 2.17. The van der Waals surface area contributed by atoms with Crippen LogP contribution < -0.4 is 5.32 Å². The van der Waals surface area contributed by atoms with Crippen molar-refractivity contribution < 1.29 is 4.79 Å². The zero-order valence-electron chi connectivity index (χ0n) is 9.71. The lowest BCUT2D eigenvalue weighted by molar-refractivity contribution is -0.120. The zero-order valence-corrected chi connectivity index (χ0v) is 9.71. The molecule has 0 aliphatic heterocycles. The van der Waals surface area contributed by atoms with Crippen molar-refractivity contribution in [1.82, 2.24) is 5.32 Å². The van der Waals surface area contributed by atoms with Crippen molar-refractivity contribution in [2.24, 2.45) is 0 Å². The van der Waals surface area contributed by atoms with E-state index < -0.39 is 0 Å². The highest BCUT2D eigenvalue weighted by Gasteiger charge is 2.04. The molecule has 2 nitrogen and oxygen atoms in total. The molecule has 0 heterocycles. The molecule has 1 rings (SSSR count). The quantitative estimate of drug-likeness (QED) is 0.803. The van der Waals surface area contributed by atoms with Gasteiger partial charge in [0, 0.05) is 6.04 Å². The van der Waals surface area contributed by atoms with Gasteiger partial charge in [-0.15, -0.1) is 0 Å². The Kier molecular flexibility index (Phi) is 4.35. The van der Waals surface area contributed by atoms with Crippen molar-refractivity contribution in [2.45, 2.75) is 39.7 Å². The molecule has 0 fully saturated rings. The number of carbonyl (C=O) groups excluding carboxylic acids is 1. The standard InChI is InChI=1S/C13H19NO/c1-4-11-5-7-12(8-6-11)9-13(15)14-10(2)3/h5-8,10H,4,9H2,1-3H3,(H,14,15). The van der Waals surface area contributed by atoms with Crippen LogP contribution in [0.2, 0.25) is 0 Å². The molecule has 1 amide bonds. The van der Waals surface area contributed by atoms with E-state index in [0.717, 1.165) is 12.0 Å². The second-order valence-corrected chi connectivity index (χ2v) is 4.07. The first-order chi connectivity index (χ1) is 7.11. The summed E-state index contributed by atoms with van der Waals surface area (Å²) in [5.41, 5.74) is 2.38. The van der Waals surface area contributed by atoms with Gasteiger partial charge < -0.3 is 5.32 Å². The summed E-state index contributed by atoms with van der Waals surface area (Å²) >= 11 is 0. The molecule has 0 saturated heterocycles. The van der Waals surface area contributed by atoms with Crippen molar-refractivity contribution in [2.75, 3.05) is 0 Å². The highest BCUT2D eigenvalue weighted by atomic mass is 16.1. The van der Waals surface area contributed by atoms with Crippen molar-refractivity contribution >= 4 is 5.91 Å². The molecule has 82 valence electrons. The van der Waals surface area contributed by atoms with Crippen molar-refractivity contribution in [1.29, 1.82) is 0 Å². The van der Waals surface area contributed by atoms with Gasteiger partial charge in [-0.3, -0.25) is 4.79 Å². The fourth-order valence-corrected chi connectivity index (χ4v) is 1.45. The van der Waals surface area contributed by atoms with E-state index in [2.05, 4.69) is 24.4 Å². The van der Waals surface area contributed by atoms with E-state index in [1.54, 1.807) is 0 Å².